The van der Waals surface area contributed by atoms with Crippen molar-refractivity contribution in [3.63, 3.8) is 0 Å². The number of hydrogen-bond donors (Lipinski definition) is 2. The Morgan fingerprint density at radius 1 is 1.27 bits per heavy atom. The predicted molar refractivity (Wildman–Crippen MR) is 95.4 cm³/mol. The number of fused-ring (bicyclic) bond motifs is 1. The van der Waals surface area contributed by atoms with Gasteiger partial charge in [0.2, 0.25) is 11.8 Å². The Balaban J connectivity index is 1.57. The molecule has 0 saturated heterocycles. The van der Waals surface area contributed by atoms with Crippen molar-refractivity contribution in [3.05, 3.63) is 46.2 Å². The lowest BCUT2D eigenvalue weighted by atomic mass is 10.1. The zero-order valence-corrected chi connectivity index (χ0v) is 15.1. The number of carbonyl (C=O) groups excluding carboxylic acids is 2. The van der Waals surface area contributed by atoms with Crippen LogP contribution in [0.1, 0.15) is 16.9 Å². The number of nitrogens with one attached hydrogen (secondary N) is 2. The van der Waals surface area contributed by atoms with Gasteiger partial charge in [-0.3, -0.25) is 9.59 Å². The fraction of sp³-hybridized carbons (Fsp3) is 0.294. The third-order valence-electron chi connectivity index (χ3n) is 3.77. The summed E-state index contributed by atoms with van der Waals surface area (Å²) < 4.78 is 38.3. The molecule has 0 saturated carbocycles. The van der Waals surface area contributed by atoms with E-state index < -0.39 is 22.9 Å². The minimum absolute atomic E-state index is 0.0264. The van der Waals surface area contributed by atoms with Crippen molar-refractivity contribution >= 4 is 40.6 Å². The highest BCUT2D eigenvalue weighted by molar-refractivity contribution is 8.01. The molecule has 1 aromatic heterocycles. The Bertz CT molecular complexity index is 807. The summed E-state index contributed by atoms with van der Waals surface area (Å²) in [5, 5.41) is 6.53. The van der Waals surface area contributed by atoms with Crippen molar-refractivity contribution in [3.8, 4) is 0 Å². The fourth-order valence-corrected chi connectivity index (χ4v) is 4.28. The highest BCUT2D eigenvalue weighted by Crippen LogP contribution is 2.40. The van der Waals surface area contributed by atoms with E-state index >= 15 is 0 Å². The van der Waals surface area contributed by atoms with Crippen LogP contribution in [0.5, 0.6) is 0 Å². The lowest BCUT2D eigenvalue weighted by molar-refractivity contribution is -0.137. The van der Waals surface area contributed by atoms with Gasteiger partial charge in [-0.05, 0) is 36.1 Å². The Kier molecular flexibility index (Phi) is 5.57. The number of amides is 2. The molecule has 4 nitrogen and oxygen atoms in total. The van der Waals surface area contributed by atoms with Crippen LogP contribution in [0, 0.1) is 0 Å². The average Bonchev–Trinajstić information content (AvgIpc) is 3.07. The first-order valence-corrected chi connectivity index (χ1v) is 9.57. The normalized spacial score (nSPS) is 16.7. The molecule has 0 radical (unpaired) electrons. The summed E-state index contributed by atoms with van der Waals surface area (Å²) in [6.07, 6.45) is -3.78. The van der Waals surface area contributed by atoms with Crippen LogP contribution in [0.15, 0.2) is 40.6 Å². The molecule has 2 heterocycles. The standard InChI is InChI=1S/C17H15F3N2O2S2/c18-17(19,20)10-3-4-13-12(8-10)22-16(24)14(26-13)9-15(23)21-6-5-11-2-1-7-25-11/h1-4,7-8,14H,5-6,9H2,(H,21,23)(H,22,24). The number of thiophene rings is 1. The van der Waals surface area contributed by atoms with Gasteiger partial charge in [-0.25, -0.2) is 0 Å². The molecule has 0 spiro atoms. The van der Waals surface area contributed by atoms with E-state index in [2.05, 4.69) is 10.6 Å². The molecule has 1 aromatic carbocycles. The van der Waals surface area contributed by atoms with Gasteiger partial charge in [0, 0.05) is 22.7 Å². The summed E-state index contributed by atoms with van der Waals surface area (Å²) in [5.74, 6) is -0.722. The second-order valence-corrected chi connectivity index (χ2v) is 7.96. The molecular weight excluding hydrogens is 385 g/mol. The van der Waals surface area contributed by atoms with Crippen LogP contribution in [0.25, 0.3) is 0 Å². The highest BCUT2D eigenvalue weighted by atomic mass is 32.2. The number of rotatable bonds is 5. The Morgan fingerprint density at radius 3 is 2.77 bits per heavy atom. The number of benzene rings is 1. The summed E-state index contributed by atoms with van der Waals surface area (Å²) in [6, 6.07) is 7.13. The topological polar surface area (TPSA) is 58.2 Å². The van der Waals surface area contributed by atoms with Crippen LogP contribution < -0.4 is 10.6 Å². The molecule has 0 fully saturated rings. The molecule has 1 aliphatic rings. The molecule has 138 valence electrons. The maximum absolute atomic E-state index is 12.8. The van der Waals surface area contributed by atoms with Crippen LogP contribution in [-0.2, 0) is 22.2 Å². The van der Waals surface area contributed by atoms with E-state index in [4.69, 9.17) is 0 Å². The average molecular weight is 400 g/mol. The summed E-state index contributed by atoms with van der Waals surface area (Å²) in [4.78, 5) is 25.8. The molecule has 2 N–H and O–H groups in total. The molecular formula is C17H15F3N2O2S2. The Morgan fingerprint density at radius 2 is 2.08 bits per heavy atom. The molecule has 1 atom stereocenters. The number of thioether (sulfide) groups is 1. The Hall–Kier alpha value is -2.00. The van der Waals surface area contributed by atoms with Crippen LogP contribution in [0.4, 0.5) is 18.9 Å². The number of anilines is 1. The summed E-state index contributed by atoms with van der Waals surface area (Å²) >= 11 is 2.71. The van der Waals surface area contributed by atoms with E-state index in [0.29, 0.717) is 11.4 Å². The molecule has 0 aliphatic carbocycles. The Labute approximate surface area is 156 Å². The van der Waals surface area contributed by atoms with Gasteiger partial charge in [-0.2, -0.15) is 13.2 Å². The number of carbonyl (C=O) groups is 2. The van der Waals surface area contributed by atoms with Crippen LogP contribution >= 0.6 is 23.1 Å². The van der Waals surface area contributed by atoms with Crippen molar-refractivity contribution in [2.75, 3.05) is 11.9 Å². The lowest BCUT2D eigenvalue weighted by Gasteiger charge is -2.24. The summed E-state index contributed by atoms with van der Waals surface area (Å²) in [6.45, 7) is 0.476. The van der Waals surface area contributed by atoms with Gasteiger partial charge in [-0.15, -0.1) is 23.1 Å². The van der Waals surface area contributed by atoms with Crippen molar-refractivity contribution in [2.24, 2.45) is 0 Å². The monoisotopic (exact) mass is 400 g/mol. The second kappa shape index (κ2) is 7.71. The minimum Gasteiger partial charge on any atom is -0.356 e. The molecule has 0 bridgehead atoms. The molecule has 2 aromatic rings. The molecule has 1 unspecified atom stereocenters. The number of halogens is 3. The zero-order valence-electron chi connectivity index (χ0n) is 13.4. The van der Waals surface area contributed by atoms with Crippen molar-refractivity contribution in [1.82, 2.24) is 5.32 Å². The van der Waals surface area contributed by atoms with Gasteiger partial charge in [-0.1, -0.05) is 6.07 Å². The third kappa shape index (κ3) is 4.59. The van der Waals surface area contributed by atoms with Gasteiger partial charge in [0.1, 0.15) is 0 Å². The largest absolute Gasteiger partial charge is 0.416 e. The maximum atomic E-state index is 12.8. The first kappa shape index (κ1) is 18.8. The molecule has 26 heavy (non-hydrogen) atoms. The van der Waals surface area contributed by atoms with Crippen LogP contribution in [0.3, 0.4) is 0 Å². The van der Waals surface area contributed by atoms with E-state index in [9.17, 15) is 22.8 Å². The first-order valence-electron chi connectivity index (χ1n) is 7.81. The van der Waals surface area contributed by atoms with Gasteiger partial charge < -0.3 is 10.6 Å². The molecule has 9 heteroatoms. The highest BCUT2D eigenvalue weighted by Gasteiger charge is 2.34. The van der Waals surface area contributed by atoms with E-state index in [1.165, 1.54) is 6.07 Å². The number of alkyl halides is 3. The summed E-state index contributed by atoms with van der Waals surface area (Å²) in [7, 11) is 0. The predicted octanol–water partition coefficient (Wildman–Crippen LogP) is 3.93. The fourth-order valence-electron chi connectivity index (χ4n) is 2.48. The number of hydrogen-bond acceptors (Lipinski definition) is 4. The van der Waals surface area contributed by atoms with E-state index in [0.717, 1.165) is 35.2 Å². The smallest absolute Gasteiger partial charge is 0.356 e. The van der Waals surface area contributed by atoms with Crippen molar-refractivity contribution in [2.45, 2.75) is 29.2 Å². The van der Waals surface area contributed by atoms with Gasteiger partial charge in [0.05, 0.1) is 16.5 Å². The van der Waals surface area contributed by atoms with E-state index in [-0.39, 0.29) is 18.0 Å². The van der Waals surface area contributed by atoms with Gasteiger partial charge in [0.25, 0.3) is 0 Å². The maximum Gasteiger partial charge on any atom is 0.416 e. The summed E-state index contributed by atoms with van der Waals surface area (Å²) in [5.41, 5.74) is -0.689. The van der Waals surface area contributed by atoms with Crippen LogP contribution in [-0.4, -0.2) is 23.6 Å². The minimum atomic E-state index is -4.47. The van der Waals surface area contributed by atoms with Gasteiger partial charge >= 0.3 is 6.18 Å². The second-order valence-electron chi connectivity index (χ2n) is 5.69. The van der Waals surface area contributed by atoms with Crippen molar-refractivity contribution < 1.29 is 22.8 Å². The van der Waals surface area contributed by atoms with Crippen molar-refractivity contribution in [1.29, 1.82) is 0 Å². The van der Waals surface area contributed by atoms with Crippen LogP contribution in [0.2, 0.25) is 0 Å². The molecule has 1 aliphatic heterocycles. The molecule has 2 amide bonds. The SMILES string of the molecule is O=C(CC1Sc2ccc(C(F)(F)F)cc2NC1=O)NCCc1cccs1. The third-order valence-corrected chi connectivity index (χ3v) is 5.98. The zero-order chi connectivity index (χ0) is 18.7. The lowest BCUT2D eigenvalue weighted by Crippen LogP contribution is -2.35. The molecule has 3 rings (SSSR count). The van der Waals surface area contributed by atoms with E-state index in [1.807, 2.05) is 17.5 Å². The van der Waals surface area contributed by atoms with Gasteiger partial charge in [0.15, 0.2) is 0 Å². The van der Waals surface area contributed by atoms with E-state index in [1.54, 1.807) is 11.3 Å². The quantitative estimate of drug-likeness (QED) is 0.800. The first-order chi connectivity index (χ1) is 12.3.